The van der Waals surface area contributed by atoms with Gasteiger partial charge in [-0.1, -0.05) is 30.4 Å². The molecule has 1 saturated heterocycles. The van der Waals surface area contributed by atoms with E-state index in [0.29, 0.717) is 0 Å². The Balaban J connectivity index is 0.000000149. The summed E-state index contributed by atoms with van der Waals surface area (Å²) in [6.45, 7) is 6.16. The molecular formula is C14H21N3S. The zero-order valence-electron chi connectivity index (χ0n) is 11.1. The Bertz CT molecular complexity index is 442. The zero-order valence-corrected chi connectivity index (χ0v) is 12.0. The van der Waals surface area contributed by atoms with Crippen molar-refractivity contribution in [3.63, 3.8) is 0 Å². The molecule has 18 heavy (non-hydrogen) atoms. The summed E-state index contributed by atoms with van der Waals surface area (Å²) in [7, 11) is 1.89. The Morgan fingerprint density at radius 1 is 1.28 bits per heavy atom. The van der Waals surface area contributed by atoms with Gasteiger partial charge in [-0.05, 0) is 44.6 Å². The van der Waals surface area contributed by atoms with Crippen LogP contribution in [0.1, 0.15) is 19.8 Å². The third-order valence-corrected chi connectivity index (χ3v) is 4.21. The van der Waals surface area contributed by atoms with E-state index < -0.39 is 0 Å². The lowest BCUT2D eigenvalue weighted by molar-refractivity contribution is 0.359. The van der Waals surface area contributed by atoms with Crippen molar-refractivity contribution in [2.24, 2.45) is 0 Å². The van der Waals surface area contributed by atoms with Crippen LogP contribution in [0.3, 0.4) is 0 Å². The van der Waals surface area contributed by atoms with E-state index in [1.807, 2.05) is 25.2 Å². The van der Waals surface area contributed by atoms with Crippen LogP contribution < -0.4 is 5.32 Å². The maximum absolute atomic E-state index is 4.34. The Kier molecular flexibility index (Phi) is 4.96. The van der Waals surface area contributed by atoms with Crippen LogP contribution in [0.4, 0.5) is 5.13 Å². The van der Waals surface area contributed by atoms with Gasteiger partial charge in [0.25, 0.3) is 0 Å². The van der Waals surface area contributed by atoms with E-state index in [9.17, 15) is 0 Å². The summed E-state index contributed by atoms with van der Waals surface area (Å²) in [5.41, 5.74) is 1.07. The molecule has 98 valence electrons. The van der Waals surface area contributed by atoms with Gasteiger partial charge in [-0.3, -0.25) is 0 Å². The van der Waals surface area contributed by atoms with Crippen LogP contribution in [0.5, 0.6) is 0 Å². The average Bonchev–Trinajstić information content (AvgIpc) is 3.07. The number of hydrogen-bond acceptors (Lipinski definition) is 4. The fourth-order valence-electron chi connectivity index (χ4n) is 2.08. The van der Waals surface area contributed by atoms with Crippen molar-refractivity contribution in [1.29, 1.82) is 0 Å². The molecule has 0 unspecified atom stereocenters. The standard InChI is InChI=1S/C8H8N2S.C6H13N/c1-9-8-10-6-4-2-3-5-7(6)11-8;1-2-7-5-3-4-6-7/h2-5H,1H3,(H,9,10);2-6H2,1H3. The van der Waals surface area contributed by atoms with Crippen LogP contribution in [-0.2, 0) is 0 Å². The first kappa shape index (κ1) is 13.3. The largest absolute Gasteiger partial charge is 0.365 e. The lowest BCUT2D eigenvalue weighted by atomic mass is 10.3. The molecule has 0 aliphatic carbocycles. The monoisotopic (exact) mass is 263 g/mol. The first-order chi connectivity index (χ1) is 8.83. The summed E-state index contributed by atoms with van der Waals surface area (Å²) in [6, 6.07) is 8.13. The number of rotatable bonds is 2. The predicted molar refractivity (Wildman–Crippen MR) is 80.5 cm³/mol. The van der Waals surface area contributed by atoms with Crippen LogP contribution in [0.25, 0.3) is 10.2 Å². The quantitative estimate of drug-likeness (QED) is 0.899. The van der Waals surface area contributed by atoms with Gasteiger partial charge < -0.3 is 10.2 Å². The topological polar surface area (TPSA) is 28.2 Å². The molecule has 0 saturated carbocycles. The Labute approximate surface area is 113 Å². The van der Waals surface area contributed by atoms with Gasteiger partial charge in [0.2, 0.25) is 0 Å². The fraction of sp³-hybridized carbons (Fsp3) is 0.500. The van der Waals surface area contributed by atoms with E-state index in [0.717, 1.165) is 10.6 Å². The summed E-state index contributed by atoms with van der Waals surface area (Å²) in [5.74, 6) is 0. The van der Waals surface area contributed by atoms with E-state index in [-0.39, 0.29) is 0 Å². The molecule has 1 N–H and O–H groups in total. The van der Waals surface area contributed by atoms with Crippen LogP contribution in [-0.4, -0.2) is 36.6 Å². The number of aromatic nitrogens is 1. The highest BCUT2D eigenvalue weighted by Gasteiger charge is 2.06. The number of thiazole rings is 1. The smallest absolute Gasteiger partial charge is 0.183 e. The molecule has 1 aliphatic rings. The van der Waals surface area contributed by atoms with Crippen molar-refractivity contribution in [1.82, 2.24) is 9.88 Å². The minimum Gasteiger partial charge on any atom is -0.365 e. The number of hydrogen-bond donors (Lipinski definition) is 1. The number of anilines is 1. The molecule has 0 amide bonds. The van der Waals surface area contributed by atoms with E-state index in [1.165, 1.54) is 37.2 Å². The van der Waals surface area contributed by atoms with Gasteiger partial charge in [0.15, 0.2) is 5.13 Å². The maximum Gasteiger partial charge on any atom is 0.183 e. The van der Waals surface area contributed by atoms with E-state index in [2.05, 4.69) is 28.2 Å². The van der Waals surface area contributed by atoms with Gasteiger partial charge in [-0.25, -0.2) is 4.98 Å². The van der Waals surface area contributed by atoms with Crippen LogP contribution in [0.15, 0.2) is 24.3 Å². The van der Waals surface area contributed by atoms with Gasteiger partial charge in [0.05, 0.1) is 10.2 Å². The number of nitrogens with one attached hydrogen (secondary N) is 1. The highest BCUT2D eigenvalue weighted by atomic mass is 32.1. The second kappa shape index (κ2) is 6.71. The summed E-state index contributed by atoms with van der Waals surface area (Å²) >= 11 is 1.68. The van der Waals surface area contributed by atoms with Crippen LogP contribution in [0.2, 0.25) is 0 Å². The van der Waals surface area contributed by atoms with Gasteiger partial charge in [-0.2, -0.15) is 0 Å². The molecule has 0 radical (unpaired) electrons. The zero-order chi connectivity index (χ0) is 12.8. The summed E-state index contributed by atoms with van der Waals surface area (Å²) in [6.07, 6.45) is 2.85. The van der Waals surface area contributed by atoms with Crippen molar-refractivity contribution in [3.05, 3.63) is 24.3 Å². The number of benzene rings is 1. The molecule has 3 nitrogen and oxygen atoms in total. The maximum atomic E-state index is 4.34. The molecule has 0 atom stereocenters. The number of likely N-dealkylation sites (tertiary alicyclic amines) is 1. The Morgan fingerprint density at radius 3 is 2.56 bits per heavy atom. The summed E-state index contributed by atoms with van der Waals surface area (Å²) < 4.78 is 1.23. The molecule has 0 bridgehead atoms. The van der Waals surface area contributed by atoms with Crippen molar-refractivity contribution < 1.29 is 0 Å². The second-order valence-electron chi connectivity index (χ2n) is 4.38. The fourth-order valence-corrected chi connectivity index (χ4v) is 2.90. The lowest BCUT2D eigenvalue weighted by Crippen LogP contribution is -2.17. The third-order valence-electron chi connectivity index (χ3n) is 3.15. The molecular weight excluding hydrogens is 242 g/mol. The second-order valence-corrected chi connectivity index (χ2v) is 5.41. The number of para-hydroxylation sites is 1. The van der Waals surface area contributed by atoms with Gasteiger partial charge >= 0.3 is 0 Å². The van der Waals surface area contributed by atoms with E-state index >= 15 is 0 Å². The molecule has 2 heterocycles. The predicted octanol–water partition coefficient (Wildman–Crippen LogP) is 3.44. The van der Waals surface area contributed by atoms with Crippen molar-refractivity contribution >= 4 is 26.7 Å². The summed E-state index contributed by atoms with van der Waals surface area (Å²) in [4.78, 5) is 6.82. The van der Waals surface area contributed by atoms with Crippen molar-refractivity contribution in [2.75, 3.05) is 32.0 Å². The molecule has 2 aromatic rings. The minimum atomic E-state index is 0.978. The lowest BCUT2D eigenvalue weighted by Gasteiger charge is -2.08. The SMILES string of the molecule is CCN1CCCC1.CNc1nc2ccccc2s1. The van der Waals surface area contributed by atoms with E-state index in [1.54, 1.807) is 11.3 Å². The molecule has 0 spiro atoms. The normalized spacial score (nSPS) is 15.4. The number of nitrogens with zero attached hydrogens (tertiary/aromatic N) is 2. The average molecular weight is 263 g/mol. The third kappa shape index (κ3) is 3.43. The van der Waals surface area contributed by atoms with Crippen LogP contribution >= 0.6 is 11.3 Å². The first-order valence-electron chi connectivity index (χ1n) is 6.59. The van der Waals surface area contributed by atoms with Gasteiger partial charge in [0.1, 0.15) is 0 Å². The minimum absolute atomic E-state index is 0.978. The van der Waals surface area contributed by atoms with Crippen LogP contribution in [0, 0.1) is 0 Å². The van der Waals surface area contributed by atoms with Crippen molar-refractivity contribution in [2.45, 2.75) is 19.8 Å². The van der Waals surface area contributed by atoms with Gasteiger partial charge in [-0.15, -0.1) is 0 Å². The number of fused-ring (bicyclic) bond motifs is 1. The molecule has 3 rings (SSSR count). The molecule has 4 heteroatoms. The highest BCUT2D eigenvalue weighted by molar-refractivity contribution is 7.22. The van der Waals surface area contributed by atoms with Crippen molar-refractivity contribution in [3.8, 4) is 0 Å². The molecule has 1 aliphatic heterocycles. The molecule has 1 aromatic carbocycles. The molecule has 1 aromatic heterocycles. The van der Waals surface area contributed by atoms with E-state index in [4.69, 9.17) is 0 Å². The molecule has 1 fully saturated rings. The highest BCUT2D eigenvalue weighted by Crippen LogP contribution is 2.24. The first-order valence-corrected chi connectivity index (χ1v) is 7.41. The van der Waals surface area contributed by atoms with Gasteiger partial charge in [0, 0.05) is 7.05 Å². The summed E-state index contributed by atoms with van der Waals surface area (Å²) in [5, 5.41) is 4.00. The Morgan fingerprint density at radius 2 is 2.00 bits per heavy atom. The Hall–Kier alpha value is -1.13.